The van der Waals surface area contributed by atoms with Crippen molar-refractivity contribution >= 4 is 0 Å². The van der Waals surface area contributed by atoms with Crippen molar-refractivity contribution in [3.63, 3.8) is 0 Å². The molecule has 4 unspecified atom stereocenters. The van der Waals surface area contributed by atoms with Crippen LogP contribution in [-0.4, -0.2) is 17.8 Å². The van der Waals surface area contributed by atoms with Crippen molar-refractivity contribution in [3.8, 4) is 0 Å². The number of hydrogen-bond donors (Lipinski definition) is 0. The lowest BCUT2D eigenvalue weighted by Crippen LogP contribution is -2.60. The fourth-order valence-corrected chi connectivity index (χ4v) is 3.04. The SMILES string of the molecule is CC1CC2CC1C(F)(F)C2(F)C(F)(F)F. The highest BCUT2D eigenvalue weighted by Crippen LogP contribution is 2.67. The van der Waals surface area contributed by atoms with Gasteiger partial charge in [0.2, 0.25) is 0 Å². The lowest BCUT2D eigenvalue weighted by Gasteiger charge is -2.40. The van der Waals surface area contributed by atoms with E-state index in [0.29, 0.717) is 0 Å². The summed E-state index contributed by atoms with van der Waals surface area (Å²) in [6.07, 6.45) is -5.93. The van der Waals surface area contributed by atoms with Crippen LogP contribution in [0.2, 0.25) is 0 Å². The molecule has 2 bridgehead atoms. The lowest BCUT2D eigenvalue weighted by atomic mass is 9.77. The molecule has 4 atom stereocenters. The van der Waals surface area contributed by atoms with Crippen LogP contribution < -0.4 is 0 Å². The highest BCUT2D eigenvalue weighted by molar-refractivity contribution is 5.17. The summed E-state index contributed by atoms with van der Waals surface area (Å²) in [5, 5.41) is 0. The largest absolute Gasteiger partial charge is 0.428 e. The Hall–Kier alpha value is -0.420. The molecule has 0 radical (unpaired) electrons. The Labute approximate surface area is 82.6 Å². The van der Waals surface area contributed by atoms with E-state index in [0.717, 1.165) is 0 Å². The molecule has 88 valence electrons. The lowest BCUT2D eigenvalue weighted by molar-refractivity contribution is -0.321. The van der Waals surface area contributed by atoms with Gasteiger partial charge in [0.25, 0.3) is 11.6 Å². The molecule has 2 rings (SSSR count). The molecule has 0 aromatic heterocycles. The molecule has 2 aliphatic rings. The first kappa shape index (κ1) is 11.1. The molecule has 0 amide bonds. The van der Waals surface area contributed by atoms with Crippen LogP contribution in [0.25, 0.3) is 0 Å². The topological polar surface area (TPSA) is 0 Å². The number of halogens is 6. The van der Waals surface area contributed by atoms with Gasteiger partial charge in [-0.15, -0.1) is 0 Å². The maximum atomic E-state index is 13.6. The molecule has 0 spiro atoms. The summed E-state index contributed by atoms with van der Waals surface area (Å²) in [5.74, 6) is -7.84. The van der Waals surface area contributed by atoms with Gasteiger partial charge in [0, 0.05) is 11.8 Å². The van der Waals surface area contributed by atoms with E-state index in [9.17, 15) is 26.3 Å². The molecule has 0 heterocycles. The minimum atomic E-state index is -5.48. The maximum Gasteiger partial charge on any atom is 0.428 e. The molecule has 2 fully saturated rings. The van der Waals surface area contributed by atoms with E-state index in [4.69, 9.17) is 0 Å². The van der Waals surface area contributed by atoms with Crippen molar-refractivity contribution in [1.29, 1.82) is 0 Å². The average molecular weight is 232 g/mol. The van der Waals surface area contributed by atoms with Gasteiger partial charge in [-0.25, -0.2) is 13.2 Å². The van der Waals surface area contributed by atoms with Crippen molar-refractivity contribution in [3.05, 3.63) is 0 Å². The van der Waals surface area contributed by atoms with Crippen LogP contribution in [0.1, 0.15) is 19.8 Å². The van der Waals surface area contributed by atoms with Crippen LogP contribution in [0.4, 0.5) is 26.3 Å². The fourth-order valence-electron chi connectivity index (χ4n) is 3.04. The van der Waals surface area contributed by atoms with Crippen LogP contribution in [0.15, 0.2) is 0 Å². The Morgan fingerprint density at radius 3 is 1.93 bits per heavy atom. The highest BCUT2D eigenvalue weighted by Gasteiger charge is 2.83. The molecule has 0 aliphatic heterocycles. The van der Waals surface area contributed by atoms with Crippen molar-refractivity contribution < 1.29 is 26.3 Å². The Bertz CT molecular complexity index is 283. The van der Waals surface area contributed by atoms with Crippen LogP contribution >= 0.6 is 0 Å². The highest BCUT2D eigenvalue weighted by atomic mass is 19.4. The Kier molecular flexibility index (Phi) is 1.94. The van der Waals surface area contributed by atoms with Crippen molar-refractivity contribution in [2.45, 2.75) is 37.5 Å². The molecule has 0 aromatic rings. The Morgan fingerprint density at radius 2 is 1.60 bits per heavy atom. The first-order valence-corrected chi connectivity index (χ1v) is 4.75. The monoisotopic (exact) mass is 232 g/mol. The van der Waals surface area contributed by atoms with Crippen LogP contribution in [0, 0.1) is 17.8 Å². The summed E-state index contributed by atoms with van der Waals surface area (Å²) in [7, 11) is 0. The zero-order valence-electron chi connectivity index (χ0n) is 7.91. The second-order valence-electron chi connectivity index (χ2n) is 4.58. The van der Waals surface area contributed by atoms with Crippen LogP contribution in [0.5, 0.6) is 0 Å². The van der Waals surface area contributed by atoms with Gasteiger partial charge in [0.1, 0.15) is 0 Å². The van der Waals surface area contributed by atoms with E-state index in [1.807, 2.05) is 0 Å². The molecule has 0 nitrogen and oxygen atoms in total. The van der Waals surface area contributed by atoms with Crippen LogP contribution in [0.3, 0.4) is 0 Å². The summed E-state index contributed by atoms with van der Waals surface area (Å²) in [6, 6.07) is 0. The molecule has 0 aromatic carbocycles. The number of hydrogen-bond acceptors (Lipinski definition) is 0. The standard InChI is InChI=1S/C9H10F6/c1-4-2-5-3-6(4)8(11,12)7(5,10)9(13,14)15/h4-6H,2-3H2,1H3. The average Bonchev–Trinajstić information content (AvgIpc) is 2.49. The van der Waals surface area contributed by atoms with Gasteiger partial charge in [0.15, 0.2) is 0 Å². The first-order valence-electron chi connectivity index (χ1n) is 4.75. The van der Waals surface area contributed by atoms with E-state index >= 15 is 0 Å². The predicted octanol–water partition coefficient (Wildman–Crippen LogP) is 3.57. The third-order valence-electron chi connectivity index (χ3n) is 3.81. The summed E-state index contributed by atoms with van der Waals surface area (Å²) in [6.45, 7) is 1.45. The van der Waals surface area contributed by atoms with Gasteiger partial charge < -0.3 is 0 Å². The number of rotatable bonds is 0. The van der Waals surface area contributed by atoms with Gasteiger partial charge in [-0.1, -0.05) is 6.92 Å². The number of alkyl halides is 6. The Morgan fingerprint density at radius 1 is 1.07 bits per heavy atom. The minimum absolute atomic E-state index is 0.101. The van der Waals surface area contributed by atoms with Crippen molar-refractivity contribution in [2.24, 2.45) is 17.8 Å². The quantitative estimate of drug-likeness (QED) is 0.560. The normalized spacial score (nSPS) is 48.6. The van der Waals surface area contributed by atoms with Gasteiger partial charge >= 0.3 is 6.18 Å². The fraction of sp³-hybridized carbons (Fsp3) is 1.00. The number of fused-ring (bicyclic) bond motifs is 2. The summed E-state index contributed by atoms with van der Waals surface area (Å²) < 4.78 is 77.4. The molecule has 2 saturated carbocycles. The van der Waals surface area contributed by atoms with Gasteiger partial charge in [-0.2, -0.15) is 13.2 Å². The minimum Gasteiger partial charge on any atom is -0.227 e. The van der Waals surface area contributed by atoms with E-state index in [1.165, 1.54) is 6.92 Å². The van der Waals surface area contributed by atoms with Gasteiger partial charge in [-0.05, 0) is 18.8 Å². The molecule has 2 aliphatic carbocycles. The smallest absolute Gasteiger partial charge is 0.227 e. The molecular weight excluding hydrogens is 222 g/mol. The maximum absolute atomic E-state index is 13.6. The van der Waals surface area contributed by atoms with Crippen molar-refractivity contribution in [2.75, 3.05) is 0 Å². The summed E-state index contributed by atoms with van der Waals surface area (Å²) >= 11 is 0. The summed E-state index contributed by atoms with van der Waals surface area (Å²) in [5.41, 5.74) is -4.31. The first-order chi connectivity index (χ1) is 6.62. The summed E-state index contributed by atoms with van der Waals surface area (Å²) in [4.78, 5) is 0. The zero-order chi connectivity index (χ0) is 11.6. The van der Waals surface area contributed by atoms with E-state index < -0.39 is 35.5 Å². The van der Waals surface area contributed by atoms with Crippen molar-refractivity contribution in [1.82, 2.24) is 0 Å². The van der Waals surface area contributed by atoms with Crippen LogP contribution in [-0.2, 0) is 0 Å². The van der Waals surface area contributed by atoms with E-state index in [1.54, 1.807) is 0 Å². The zero-order valence-corrected chi connectivity index (χ0v) is 7.91. The van der Waals surface area contributed by atoms with Gasteiger partial charge in [0.05, 0.1) is 0 Å². The molecule has 0 N–H and O–H groups in total. The molecule has 6 heteroatoms. The molecular formula is C9H10F6. The molecule has 0 saturated heterocycles. The third-order valence-corrected chi connectivity index (χ3v) is 3.81. The van der Waals surface area contributed by atoms with Gasteiger partial charge in [-0.3, -0.25) is 0 Å². The van der Waals surface area contributed by atoms with E-state index in [-0.39, 0.29) is 12.8 Å². The second kappa shape index (κ2) is 2.63. The van der Waals surface area contributed by atoms with E-state index in [2.05, 4.69) is 0 Å². The second-order valence-corrected chi connectivity index (χ2v) is 4.58. The predicted molar refractivity (Wildman–Crippen MR) is 40.2 cm³/mol. The molecule has 15 heavy (non-hydrogen) atoms. The third kappa shape index (κ3) is 1.05. The Balaban J connectivity index is 2.45.